The van der Waals surface area contributed by atoms with E-state index in [1.807, 2.05) is 36.4 Å². The molecule has 7 heteroatoms. The van der Waals surface area contributed by atoms with Crippen molar-refractivity contribution in [3.05, 3.63) is 69.2 Å². The predicted molar refractivity (Wildman–Crippen MR) is 107 cm³/mol. The maximum Gasteiger partial charge on any atom is 0.243 e. The normalized spacial score (nSPS) is 19.1. The number of carbonyl (C=O) groups is 2. The van der Waals surface area contributed by atoms with Gasteiger partial charge in [-0.3, -0.25) is 9.59 Å². The van der Waals surface area contributed by atoms with Gasteiger partial charge in [-0.05, 0) is 35.4 Å². The highest BCUT2D eigenvalue weighted by Gasteiger charge is 2.38. The van der Waals surface area contributed by atoms with Crippen LogP contribution in [0.15, 0.2) is 53.0 Å². The van der Waals surface area contributed by atoms with Gasteiger partial charge in [0.05, 0.1) is 12.5 Å². The summed E-state index contributed by atoms with van der Waals surface area (Å²) < 4.78 is 0.895. The third kappa shape index (κ3) is 5.31. The molecule has 3 rings (SSSR count). The summed E-state index contributed by atoms with van der Waals surface area (Å²) in [5.41, 5.74) is 1.77. The minimum Gasteiger partial charge on any atom is -0.391 e. The summed E-state index contributed by atoms with van der Waals surface area (Å²) in [7, 11) is 0. The van der Waals surface area contributed by atoms with E-state index in [4.69, 9.17) is 11.6 Å². The number of hydrogen-bond acceptors (Lipinski definition) is 3. The minimum atomic E-state index is -0.692. The molecule has 1 heterocycles. The van der Waals surface area contributed by atoms with E-state index in [1.54, 1.807) is 12.1 Å². The molecule has 27 heavy (non-hydrogen) atoms. The van der Waals surface area contributed by atoms with E-state index in [-0.39, 0.29) is 31.2 Å². The van der Waals surface area contributed by atoms with Crippen molar-refractivity contribution in [2.75, 3.05) is 6.54 Å². The molecule has 2 aromatic rings. The molecule has 2 aromatic carbocycles. The molecular formula is C20H20BrClN2O3. The molecule has 0 radical (unpaired) electrons. The smallest absolute Gasteiger partial charge is 0.243 e. The molecule has 1 fully saturated rings. The van der Waals surface area contributed by atoms with E-state index in [0.29, 0.717) is 11.6 Å². The van der Waals surface area contributed by atoms with E-state index in [2.05, 4.69) is 21.2 Å². The zero-order valence-corrected chi connectivity index (χ0v) is 16.9. The fraction of sp³-hybridized carbons (Fsp3) is 0.300. The lowest BCUT2D eigenvalue weighted by Gasteiger charge is -2.24. The summed E-state index contributed by atoms with van der Waals surface area (Å²) in [5, 5.41) is 13.5. The van der Waals surface area contributed by atoms with E-state index < -0.39 is 12.1 Å². The number of halogens is 2. The summed E-state index contributed by atoms with van der Waals surface area (Å²) in [5.74, 6) is -0.430. The van der Waals surface area contributed by atoms with Crippen LogP contribution in [0, 0.1) is 0 Å². The van der Waals surface area contributed by atoms with Gasteiger partial charge in [0.1, 0.15) is 6.04 Å². The molecule has 1 aliphatic heterocycles. The lowest BCUT2D eigenvalue weighted by molar-refractivity contribution is -0.138. The lowest BCUT2D eigenvalue weighted by atomic mass is 10.1. The van der Waals surface area contributed by atoms with E-state index >= 15 is 0 Å². The summed E-state index contributed by atoms with van der Waals surface area (Å²) >= 11 is 9.25. The molecule has 2 N–H and O–H groups in total. The predicted octanol–water partition coefficient (Wildman–Crippen LogP) is 2.92. The summed E-state index contributed by atoms with van der Waals surface area (Å²) in [6, 6.07) is 14.0. The van der Waals surface area contributed by atoms with Crippen LogP contribution in [0.2, 0.25) is 5.02 Å². The molecule has 1 aliphatic rings. The number of rotatable bonds is 5. The van der Waals surface area contributed by atoms with E-state index in [9.17, 15) is 14.7 Å². The van der Waals surface area contributed by atoms with Crippen molar-refractivity contribution in [2.45, 2.75) is 31.5 Å². The van der Waals surface area contributed by atoms with Crippen LogP contribution in [0.1, 0.15) is 17.5 Å². The van der Waals surface area contributed by atoms with Gasteiger partial charge in [0.15, 0.2) is 0 Å². The largest absolute Gasteiger partial charge is 0.391 e. The van der Waals surface area contributed by atoms with Gasteiger partial charge in [-0.1, -0.05) is 51.8 Å². The van der Waals surface area contributed by atoms with E-state index in [0.717, 1.165) is 15.6 Å². The van der Waals surface area contributed by atoms with Crippen LogP contribution in [0.5, 0.6) is 0 Å². The second-order valence-electron chi connectivity index (χ2n) is 6.60. The van der Waals surface area contributed by atoms with Gasteiger partial charge < -0.3 is 15.3 Å². The molecule has 0 aromatic heterocycles. The second kappa shape index (κ2) is 8.87. The first kappa shape index (κ1) is 19.9. The Morgan fingerprint density at radius 1 is 1.19 bits per heavy atom. The zero-order valence-electron chi connectivity index (χ0n) is 14.6. The van der Waals surface area contributed by atoms with Gasteiger partial charge >= 0.3 is 0 Å². The number of aliphatic hydroxyl groups is 1. The number of aliphatic hydroxyl groups excluding tert-OH is 1. The molecule has 0 bridgehead atoms. The Bertz CT molecular complexity index is 828. The van der Waals surface area contributed by atoms with Crippen LogP contribution in [0.4, 0.5) is 0 Å². The number of benzene rings is 2. The van der Waals surface area contributed by atoms with Gasteiger partial charge in [0.25, 0.3) is 0 Å². The summed E-state index contributed by atoms with van der Waals surface area (Å²) in [6.45, 7) is 0.516. The second-order valence-corrected chi connectivity index (χ2v) is 7.95. The number of hydrogen-bond donors (Lipinski definition) is 2. The van der Waals surface area contributed by atoms with E-state index in [1.165, 1.54) is 4.90 Å². The maximum absolute atomic E-state index is 12.7. The third-order valence-corrected chi connectivity index (χ3v) is 5.27. The molecular weight excluding hydrogens is 432 g/mol. The number of β-amino-alcohol motifs (C(OH)–C–C–N with tert-alkyl or cyclic N) is 1. The maximum atomic E-state index is 12.7. The first-order valence-electron chi connectivity index (χ1n) is 8.66. The standard InChI is InChI=1S/C20H20BrClN2O3/c21-15-3-1-2-14(8-15)9-19(26)24-12-17(25)10-18(24)20(27)23-11-13-4-6-16(22)7-5-13/h1-8,17-18,25H,9-12H2,(H,23,27). The Morgan fingerprint density at radius 3 is 2.63 bits per heavy atom. The van der Waals surface area contributed by atoms with Crippen molar-refractivity contribution in [2.24, 2.45) is 0 Å². The number of nitrogens with zero attached hydrogens (tertiary/aromatic N) is 1. The van der Waals surface area contributed by atoms with Gasteiger partial charge in [0, 0.05) is 29.0 Å². The highest BCUT2D eigenvalue weighted by molar-refractivity contribution is 9.10. The number of amides is 2. The van der Waals surface area contributed by atoms with Crippen molar-refractivity contribution in [1.29, 1.82) is 0 Å². The molecule has 2 amide bonds. The molecule has 1 saturated heterocycles. The highest BCUT2D eigenvalue weighted by Crippen LogP contribution is 2.21. The average molecular weight is 452 g/mol. The molecule has 0 aliphatic carbocycles. The van der Waals surface area contributed by atoms with Crippen molar-refractivity contribution in [1.82, 2.24) is 10.2 Å². The summed E-state index contributed by atoms with van der Waals surface area (Å²) in [6.07, 6.45) is -0.258. The molecule has 142 valence electrons. The fourth-order valence-electron chi connectivity index (χ4n) is 3.17. The Morgan fingerprint density at radius 2 is 1.93 bits per heavy atom. The Labute approximate surface area is 171 Å². The van der Waals surface area contributed by atoms with Crippen LogP contribution in [0.3, 0.4) is 0 Å². The fourth-order valence-corrected chi connectivity index (χ4v) is 3.74. The van der Waals surface area contributed by atoms with Crippen molar-refractivity contribution >= 4 is 39.3 Å². The van der Waals surface area contributed by atoms with Crippen LogP contribution in [-0.4, -0.2) is 40.5 Å². The monoisotopic (exact) mass is 450 g/mol. The van der Waals surface area contributed by atoms with Crippen LogP contribution in [0.25, 0.3) is 0 Å². The van der Waals surface area contributed by atoms with Crippen LogP contribution < -0.4 is 5.32 Å². The van der Waals surface area contributed by atoms with Crippen molar-refractivity contribution in [3.8, 4) is 0 Å². The quantitative estimate of drug-likeness (QED) is 0.734. The molecule has 0 saturated carbocycles. The topological polar surface area (TPSA) is 69.6 Å². The molecule has 5 nitrogen and oxygen atoms in total. The number of nitrogens with one attached hydrogen (secondary N) is 1. The first-order chi connectivity index (χ1) is 12.9. The van der Waals surface area contributed by atoms with Gasteiger partial charge in [-0.25, -0.2) is 0 Å². The average Bonchev–Trinajstić information content (AvgIpc) is 3.03. The molecule has 0 spiro atoms. The Balaban J connectivity index is 1.63. The van der Waals surface area contributed by atoms with Crippen molar-refractivity contribution in [3.63, 3.8) is 0 Å². The van der Waals surface area contributed by atoms with Crippen LogP contribution in [-0.2, 0) is 22.6 Å². The lowest BCUT2D eigenvalue weighted by Crippen LogP contribution is -2.46. The first-order valence-corrected chi connectivity index (χ1v) is 9.83. The Kier molecular flexibility index (Phi) is 6.52. The minimum absolute atomic E-state index is 0.170. The molecule has 2 unspecified atom stereocenters. The number of carbonyl (C=O) groups excluding carboxylic acids is 2. The Hall–Kier alpha value is -1.89. The zero-order chi connectivity index (χ0) is 19.4. The van der Waals surface area contributed by atoms with Gasteiger partial charge in [0.2, 0.25) is 11.8 Å². The van der Waals surface area contributed by atoms with Gasteiger partial charge in [-0.15, -0.1) is 0 Å². The molecule has 2 atom stereocenters. The highest BCUT2D eigenvalue weighted by atomic mass is 79.9. The van der Waals surface area contributed by atoms with Crippen LogP contribution >= 0.6 is 27.5 Å². The van der Waals surface area contributed by atoms with Crippen molar-refractivity contribution < 1.29 is 14.7 Å². The SMILES string of the molecule is O=C(NCc1ccc(Cl)cc1)C1CC(O)CN1C(=O)Cc1cccc(Br)c1. The summed E-state index contributed by atoms with van der Waals surface area (Å²) in [4.78, 5) is 26.8. The number of likely N-dealkylation sites (tertiary alicyclic amines) is 1. The third-order valence-electron chi connectivity index (χ3n) is 4.53. The van der Waals surface area contributed by atoms with Gasteiger partial charge in [-0.2, -0.15) is 0 Å².